The molecule has 3 rings (SSSR count). The van der Waals surface area contributed by atoms with Crippen molar-refractivity contribution >= 4 is 35.2 Å². The van der Waals surface area contributed by atoms with Crippen LogP contribution in [0.1, 0.15) is 46.9 Å². The van der Waals surface area contributed by atoms with Gasteiger partial charge in [-0.3, -0.25) is 4.79 Å². The third kappa shape index (κ3) is 9.47. The maximum absolute atomic E-state index is 13.1. The molecule has 0 aliphatic carbocycles. The first-order chi connectivity index (χ1) is 17.9. The summed E-state index contributed by atoms with van der Waals surface area (Å²) in [5.74, 6) is 0.270. The third-order valence-electron chi connectivity index (χ3n) is 6.27. The summed E-state index contributed by atoms with van der Waals surface area (Å²) in [4.78, 5) is 24.5. The number of amides is 2. The molecule has 0 bridgehead atoms. The highest BCUT2D eigenvalue weighted by Crippen LogP contribution is 2.30. The fraction of sp³-hybridized carbons (Fsp3) is 0.481. The molecule has 1 heterocycles. The van der Waals surface area contributed by atoms with Gasteiger partial charge < -0.3 is 30.2 Å². The van der Waals surface area contributed by atoms with E-state index in [9.17, 15) is 9.59 Å². The largest absolute Gasteiger partial charge is 0.453 e. The number of hydrogen-bond acceptors (Lipinski definition) is 6. The Bertz CT molecular complexity index is 1030. The molecule has 37 heavy (non-hydrogen) atoms. The Morgan fingerprint density at radius 3 is 2.62 bits per heavy atom. The van der Waals surface area contributed by atoms with Crippen LogP contribution in [0.15, 0.2) is 42.5 Å². The molecule has 0 radical (unpaired) electrons. The van der Waals surface area contributed by atoms with Crippen LogP contribution in [0.4, 0.5) is 4.79 Å². The predicted molar refractivity (Wildman–Crippen MR) is 144 cm³/mol. The molecule has 1 fully saturated rings. The lowest BCUT2D eigenvalue weighted by atomic mass is 9.94. The van der Waals surface area contributed by atoms with E-state index in [4.69, 9.17) is 32.7 Å². The predicted octanol–water partition coefficient (Wildman–Crippen LogP) is 4.59. The normalized spacial score (nSPS) is 17.0. The maximum Gasteiger partial charge on any atom is 0.406 e. The van der Waals surface area contributed by atoms with E-state index in [0.717, 1.165) is 38.0 Å². The van der Waals surface area contributed by atoms with E-state index in [2.05, 4.69) is 20.7 Å². The summed E-state index contributed by atoms with van der Waals surface area (Å²) in [5.41, 5.74) is 1.92. The summed E-state index contributed by atoms with van der Waals surface area (Å²) in [6.07, 6.45) is 2.05. The summed E-state index contributed by atoms with van der Waals surface area (Å²) in [7, 11) is 3.20. The number of ether oxygens (including phenoxy) is 3. The zero-order chi connectivity index (χ0) is 26.6. The van der Waals surface area contributed by atoms with Gasteiger partial charge in [0.1, 0.15) is 6.10 Å². The van der Waals surface area contributed by atoms with E-state index in [1.807, 2.05) is 19.2 Å². The number of carbonyl (C=O) groups excluding carboxylic acids is 2. The standard InChI is InChI=1S/C27H35Cl2N3O5/c1-30-24(11-18-5-4-9-36-17-18)16-32-26(33)21-12-20(14-23(29)15-21)25(19-6-3-7-22(28)13-19)37-10-8-31-27(34)35-2/h3,6-7,12-15,18,24-25,30H,4-5,8-11,16-17H2,1-2H3,(H,31,34)(H,32,33)/t18-,24?,25?/m1/s1. The van der Waals surface area contributed by atoms with Crippen LogP contribution in [0, 0.1) is 5.92 Å². The molecule has 2 aromatic rings. The minimum atomic E-state index is -0.556. The van der Waals surface area contributed by atoms with Crippen molar-refractivity contribution in [3.05, 3.63) is 69.2 Å². The molecular formula is C27H35Cl2N3O5. The molecule has 10 heteroatoms. The lowest BCUT2D eigenvalue weighted by Crippen LogP contribution is -2.41. The van der Waals surface area contributed by atoms with Gasteiger partial charge in [0.15, 0.2) is 0 Å². The van der Waals surface area contributed by atoms with Gasteiger partial charge in [0.25, 0.3) is 5.91 Å². The first kappa shape index (κ1) is 29.2. The molecule has 0 spiro atoms. The molecule has 1 aliphatic heterocycles. The first-order valence-corrected chi connectivity index (χ1v) is 13.2. The van der Waals surface area contributed by atoms with E-state index >= 15 is 0 Å². The second-order valence-electron chi connectivity index (χ2n) is 9.01. The number of rotatable bonds is 12. The number of hydrogen-bond donors (Lipinski definition) is 3. The number of likely N-dealkylation sites (N-methyl/N-ethyl adjacent to an activating group) is 1. The minimum Gasteiger partial charge on any atom is -0.453 e. The van der Waals surface area contributed by atoms with Gasteiger partial charge in [0.05, 0.1) is 13.7 Å². The van der Waals surface area contributed by atoms with Crippen LogP contribution in [-0.2, 0) is 14.2 Å². The summed E-state index contributed by atoms with van der Waals surface area (Å²) in [5, 5.41) is 9.88. The van der Waals surface area contributed by atoms with E-state index in [1.165, 1.54) is 7.11 Å². The molecule has 3 N–H and O–H groups in total. The van der Waals surface area contributed by atoms with Crippen molar-refractivity contribution in [2.24, 2.45) is 5.92 Å². The number of benzene rings is 2. The second-order valence-corrected chi connectivity index (χ2v) is 9.88. The SMILES string of the molecule is CNC(CNC(=O)c1cc(Cl)cc(C(OCCNC(=O)OC)c2cccc(Cl)c2)c1)C[C@H]1CCCOC1. The van der Waals surface area contributed by atoms with E-state index in [1.54, 1.807) is 30.3 Å². The number of halogens is 2. The highest BCUT2D eigenvalue weighted by atomic mass is 35.5. The molecule has 202 valence electrons. The van der Waals surface area contributed by atoms with E-state index in [0.29, 0.717) is 33.6 Å². The van der Waals surface area contributed by atoms with Crippen LogP contribution in [0.3, 0.4) is 0 Å². The molecule has 2 amide bonds. The molecule has 1 saturated heterocycles. The van der Waals surface area contributed by atoms with Gasteiger partial charge in [0.2, 0.25) is 0 Å². The zero-order valence-corrected chi connectivity index (χ0v) is 22.7. The van der Waals surface area contributed by atoms with Gasteiger partial charge in [-0.25, -0.2) is 4.79 Å². The summed E-state index contributed by atoms with van der Waals surface area (Å²) in [6.45, 7) is 2.53. The molecule has 1 aliphatic rings. The highest BCUT2D eigenvalue weighted by Gasteiger charge is 2.21. The van der Waals surface area contributed by atoms with Crippen molar-refractivity contribution in [3.63, 3.8) is 0 Å². The molecule has 2 unspecified atom stereocenters. The smallest absolute Gasteiger partial charge is 0.406 e. The van der Waals surface area contributed by atoms with Gasteiger partial charge in [-0.15, -0.1) is 0 Å². The summed E-state index contributed by atoms with van der Waals surface area (Å²) in [6, 6.07) is 12.6. The van der Waals surface area contributed by atoms with Gasteiger partial charge in [-0.05, 0) is 73.7 Å². The second kappa shape index (κ2) is 15.1. The van der Waals surface area contributed by atoms with Gasteiger partial charge in [0, 0.05) is 48.0 Å². The Morgan fingerprint density at radius 2 is 1.92 bits per heavy atom. The number of alkyl carbamates (subject to hydrolysis) is 1. The first-order valence-electron chi connectivity index (χ1n) is 12.4. The van der Waals surface area contributed by atoms with Crippen molar-refractivity contribution in [1.82, 2.24) is 16.0 Å². The van der Waals surface area contributed by atoms with Gasteiger partial charge in [-0.2, -0.15) is 0 Å². The average molecular weight is 552 g/mol. The van der Waals surface area contributed by atoms with Crippen molar-refractivity contribution < 1.29 is 23.8 Å². The lowest BCUT2D eigenvalue weighted by molar-refractivity contribution is 0.0478. The number of carbonyl (C=O) groups is 2. The minimum absolute atomic E-state index is 0.138. The van der Waals surface area contributed by atoms with E-state index in [-0.39, 0.29) is 25.1 Å². The van der Waals surface area contributed by atoms with Crippen molar-refractivity contribution in [2.45, 2.75) is 31.4 Å². The molecular weight excluding hydrogens is 517 g/mol. The topological polar surface area (TPSA) is 97.9 Å². The molecule has 8 nitrogen and oxygen atoms in total. The molecule has 0 aromatic heterocycles. The summed E-state index contributed by atoms with van der Waals surface area (Å²) < 4.78 is 16.3. The maximum atomic E-state index is 13.1. The average Bonchev–Trinajstić information content (AvgIpc) is 2.90. The van der Waals surface area contributed by atoms with Gasteiger partial charge >= 0.3 is 6.09 Å². The van der Waals surface area contributed by atoms with Gasteiger partial charge in [-0.1, -0.05) is 35.3 Å². The van der Waals surface area contributed by atoms with Crippen LogP contribution in [0.5, 0.6) is 0 Å². The summed E-state index contributed by atoms with van der Waals surface area (Å²) >= 11 is 12.7. The molecule has 2 aromatic carbocycles. The van der Waals surface area contributed by atoms with Crippen LogP contribution in [0.2, 0.25) is 10.0 Å². The van der Waals surface area contributed by atoms with Crippen LogP contribution < -0.4 is 16.0 Å². The van der Waals surface area contributed by atoms with Crippen molar-refractivity contribution in [2.75, 3.05) is 47.1 Å². The van der Waals surface area contributed by atoms with Crippen molar-refractivity contribution in [1.29, 1.82) is 0 Å². The Kier molecular flexibility index (Phi) is 12.0. The third-order valence-corrected chi connectivity index (χ3v) is 6.72. The van der Waals surface area contributed by atoms with E-state index < -0.39 is 12.2 Å². The van der Waals surface area contributed by atoms with Crippen LogP contribution >= 0.6 is 23.2 Å². The Balaban J connectivity index is 1.71. The zero-order valence-electron chi connectivity index (χ0n) is 21.2. The number of methoxy groups -OCH3 is 1. The Hall–Kier alpha value is -2.36. The number of nitrogens with one attached hydrogen (secondary N) is 3. The fourth-order valence-electron chi connectivity index (χ4n) is 4.37. The molecule has 0 saturated carbocycles. The van der Waals surface area contributed by atoms with Crippen LogP contribution in [-0.4, -0.2) is 65.1 Å². The van der Waals surface area contributed by atoms with Crippen LogP contribution in [0.25, 0.3) is 0 Å². The Morgan fingerprint density at radius 1 is 1.11 bits per heavy atom. The highest BCUT2D eigenvalue weighted by molar-refractivity contribution is 6.31. The molecule has 3 atom stereocenters. The quantitative estimate of drug-likeness (QED) is 0.334. The Labute approximate surface area is 228 Å². The monoisotopic (exact) mass is 551 g/mol. The van der Waals surface area contributed by atoms with Crippen molar-refractivity contribution in [3.8, 4) is 0 Å². The fourth-order valence-corrected chi connectivity index (χ4v) is 4.81. The lowest BCUT2D eigenvalue weighted by Gasteiger charge is -2.26.